The van der Waals surface area contributed by atoms with Crippen molar-refractivity contribution in [2.75, 3.05) is 11.6 Å². The minimum Gasteiger partial charge on any atom is -0.449 e. The molecule has 2 rings (SSSR count). The van der Waals surface area contributed by atoms with Crippen molar-refractivity contribution in [1.82, 2.24) is 0 Å². The zero-order valence-corrected chi connectivity index (χ0v) is 14.9. The number of nitrogens with one attached hydrogen (secondary N) is 1. The summed E-state index contributed by atoms with van der Waals surface area (Å²) >= 11 is 0. The number of amides is 1. The Morgan fingerprint density at radius 2 is 1.85 bits per heavy atom. The van der Waals surface area contributed by atoms with Crippen LogP contribution in [0.4, 0.5) is 5.69 Å². The van der Waals surface area contributed by atoms with Crippen molar-refractivity contribution in [2.45, 2.75) is 17.9 Å². The van der Waals surface area contributed by atoms with Gasteiger partial charge in [0.25, 0.3) is 5.91 Å². The first-order valence-electron chi connectivity index (χ1n) is 7.53. The van der Waals surface area contributed by atoms with Crippen LogP contribution in [0.25, 0.3) is 0 Å². The molecule has 1 N–H and O–H groups in total. The second kappa shape index (κ2) is 7.80. The number of rotatable bonds is 5. The summed E-state index contributed by atoms with van der Waals surface area (Å²) in [4.78, 5) is 24.3. The van der Waals surface area contributed by atoms with Crippen LogP contribution in [0.2, 0.25) is 0 Å². The molecule has 0 radical (unpaired) electrons. The Kier molecular flexibility index (Phi) is 5.75. The van der Waals surface area contributed by atoms with E-state index in [2.05, 4.69) is 5.32 Å². The van der Waals surface area contributed by atoms with Crippen LogP contribution < -0.4 is 5.32 Å². The van der Waals surface area contributed by atoms with Gasteiger partial charge in [0.1, 0.15) is 6.07 Å². The van der Waals surface area contributed by atoms with E-state index in [9.17, 15) is 18.0 Å². The zero-order valence-electron chi connectivity index (χ0n) is 14.1. The lowest BCUT2D eigenvalue weighted by Gasteiger charge is -2.14. The van der Waals surface area contributed by atoms with Crippen LogP contribution >= 0.6 is 0 Å². The molecule has 26 heavy (non-hydrogen) atoms. The van der Waals surface area contributed by atoms with Crippen molar-refractivity contribution in [2.24, 2.45) is 0 Å². The normalized spacial score (nSPS) is 11.9. The summed E-state index contributed by atoms with van der Waals surface area (Å²) in [7, 11) is -3.47. The van der Waals surface area contributed by atoms with Gasteiger partial charge in [-0.15, -0.1) is 0 Å². The Labute approximate surface area is 151 Å². The smallest absolute Gasteiger partial charge is 0.338 e. The summed E-state index contributed by atoms with van der Waals surface area (Å²) in [5, 5.41) is 11.5. The lowest BCUT2D eigenvalue weighted by Crippen LogP contribution is -2.30. The van der Waals surface area contributed by atoms with Crippen LogP contribution in [0.5, 0.6) is 0 Å². The van der Waals surface area contributed by atoms with Crippen LogP contribution in [0.1, 0.15) is 22.8 Å². The van der Waals surface area contributed by atoms with Gasteiger partial charge in [-0.3, -0.25) is 4.79 Å². The molecule has 0 heterocycles. The summed E-state index contributed by atoms with van der Waals surface area (Å²) in [6.45, 7) is 1.38. The van der Waals surface area contributed by atoms with Crippen molar-refractivity contribution < 1.29 is 22.7 Å². The minimum absolute atomic E-state index is 0.0185. The van der Waals surface area contributed by atoms with E-state index in [0.717, 1.165) is 6.26 Å². The molecule has 0 aliphatic heterocycles. The van der Waals surface area contributed by atoms with Crippen molar-refractivity contribution >= 4 is 27.4 Å². The fraction of sp³-hybridized carbons (Fsp3) is 0.167. The van der Waals surface area contributed by atoms with Crippen LogP contribution in [-0.4, -0.2) is 32.7 Å². The van der Waals surface area contributed by atoms with Crippen LogP contribution in [-0.2, 0) is 19.4 Å². The lowest BCUT2D eigenvalue weighted by atomic mass is 10.2. The average Bonchev–Trinajstić information content (AvgIpc) is 2.61. The Hall–Kier alpha value is -3.18. The van der Waals surface area contributed by atoms with Crippen LogP contribution in [0, 0.1) is 11.3 Å². The zero-order chi connectivity index (χ0) is 19.3. The van der Waals surface area contributed by atoms with Crippen LogP contribution in [0.3, 0.4) is 0 Å². The maximum atomic E-state index is 12.2. The van der Waals surface area contributed by atoms with E-state index in [0.29, 0.717) is 5.69 Å². The Morgan fingerprint density at radius 3 is 2.50 bits per heavy atom. The SMILES string of the molecule is CC(OC(=O)c1cccc(S(C)(=O)=O)c1)C(=O)Nc1ccccc1C#N. The first kappa shape index (κ1) is 19.1. The molecule has 0 aromatic heterocycles. The summed E-state index contributed by atoms with van der Waals surface area (Å²) in [6.07, 6.45) is -0.115. The predicted molar refractivity (Wildman–Crippen MR) is 94.2 cm³/mol. The molecule has 134 valence electrons. The number of ether oxygens (including phenoxy) is 1. The first-order chi connectivity index (χ1) is 12.2. The van der Waals surface area contributed by atoms with Crippen molar-refractivity contribution in [3.63, 3.8) is 0 Å². The number of sulfone groups is 1. The fourth-order valence-corrected chi connectivity index (χ4v) is 2.73. The number of hydrogen-bond acceptors (Lipinski definition) is 6. The number of carbonyl (C=O) groups excluding carboxylic acids is 2. The van der Waals surface area contributed by atoms with Crippen LogP contribution in [0.15, 0.2) is 53.4 Å². The Bertz CT molecular complexity index is 993. The number of nitriles is 1. The molecular formula is C18H16N2O5S. The van der Waals surface area contributed by atoms with Crippen molar-refractivity contribution in [3.05, 3.63) is 59.7 Å². The number of hydrogen-bond donors (Lipinski definition) is 1. The summed E-state index contributed by atoms with van der Waals surface area (Å²) in [5.74, 6) is -1.44. The molecule has 1 atom stereocenters. The highest BCUT2D eigenvalue weighted by Crippen LogP contribution is 2.16. The van der Waals surface area contributed by atoms with Gasteiger partial charge in [0.05, 0.1) is 21.7 Å². The van der Waals surface area contributed by atoms with Crippen molar-refractivity contribution in [3.8, 4) is 6.07 Å². The molecule has 0 saturated carbocycles. The van der Waals surface area contributed by atoms with Gasteiger partial charge in [-0.05, 0) is 37.3 Å². The summed E-state index contributed by atoms with van der Waals surface area (Å²) < 4.78 is 28.2. The van der Waals surface area contributed by atoms with Crippen molar-refractivity contribution in [1.29, 1.82) is 5.26 Å². The van der Waals surface area contributed by atoms with E-state index in [1.54, 1.807) is 24.3 Å². The topological polar surface area (TPSA) is 113 Å². The second-order valence-electron chi connectivity index (χ2n) is 5.49. The van der Waals surface area contributed by atoms with Gasteiger partial charge in [0.15, 0.2) is 15.9 Å². The Morgan fingerprint density at radius 1 is 1.15 bits per heavy atom. The predicted octanol–water partition coefficient (Wildman–Crippen LogP) is 2.15. The molecule has 2 aromatic rings. The molecule has 1 amide bonds. The van der Waals surface area contributed by atoms with Gasteiger partial charge < -0.3 is 10.1 Å². The standard InChI is InChI=1S/C18H16N2O5S/c1-12(17(21)20-16-9-4-3-6-14(16)11-19)25-18(22)13-7-5-8-15(10-13)26(2,23)24/h3-10,12H,1-2H3,(H,20,21). The molecular weight excluding hydrogens is 356 g/mol. The highest BCUT2D eigenvalue weighted by molar-refractivity contribution is 7.90. The van der Waals surface area contributed by atoms with Gasteiger partial charge in [-0.2, -0.15) is 5.26 Å². The molecule has 2 aromatic carbocycles. The van der Waals surface area contributed by atoms with Gasteiger partial charge in [0, 0.05) is 6.26 Å². The molecule has 8 heteroatoms. The van der Waals surface area contributed by atoms with Gasteiger partial charge in [0.2, 0.25) is 0 Å². The van der Waals surface area contributed by atoms with E-state index < -0.39 is 27.8 Å². The molecule has 0 aliphatic carbocycles. The lowest BCUT2D eigenvalue weighted by molar-refractivity contribution is -0.123. The number of benzene rings is 2. The number of esters is 1. The summed E-state index contributed by atoms with van der Waals surface area (Å²) in [6, 6.07) is 13.7. The van der Waals surface area contributed by atoms with E-state index in [4.69, 9.17) is 10.00 Å². The Balaban J connectivity index is 2.09. The highest BCUT2D eigenvalue weighted by atomic mass is 32.2. The maximum Gasteiger partial charge on any atom is 0.338 e. The highest BCUT2D eigenvalue weighted by Gasteiger charge is 2.21. The van der Waals surface area contributed by atoms with E-state index in [1.165, 1.54) is 31.2 Å². The molecule has 0 spiro atoms. The molecule has 0 saturated heterocycles. The molecule has 7 nitrogen and oxygen atoms in total. The molecule has 0 bridgehead atoms. The number of anilines is 1. The first-order valence-corrected chi connectivity index (χ1v) is 9.42. The second-order valence-corrected chi connectivity index (χ2v) is 7.51. The number of carbonyl (C=O) groups is 2. The van der Waals surface area contributed by atoms with Gasteiger partial charge >= 0.3 is 5.97 Å². The summed E-state index contributed by atoms with van der Waals surface area (Å²) in [5.41, 5.74) is 0.604. The van der Waals surface area contributed by atoms with E-state index >= 15 is 0 Å². The monoisotopic (exact) mass is 372 g/mol. The maximum absolute atomic E-state index is 12.2. The average molecular weight is 372 g/mol. The van der Waals surface area contributed by atoms with E-state index in [1.807, 2.05) is 6.07 Å². The third kappa shape index (κ3) is 4.68. The third-order valence-electron chi connectivity index (χ3n) is 3.46. The third-order valence-corrected chi connectivity index (χ3v) is 4.57. The van der Waals surface area contributed by atoms with E-state index in [-0.39, 0.29) is 16.0 Å². The largest absolute Gasteiger partial charge is 0.449 e. The minimum atomic E-state index is -3.47. The number of para-hydroxylation sites is 1. The molecule has 1 unspecified atom stereocenters. The van der Waals surface area contributed by atoms with Gasteiger partial charge in [-0.1, -0.05) is 18.2 Å². The number of nitrogens with zero attached hydrogens (tertiary/aromatic N) is 1. The molecule has 0 fully saturated rings. The van der Waals surface area contributed by atoms with Gasteiger partial charge in [-0.25, -0.2) is 13.2 Å². The quantitative estimate of drug-likeness (QED) is 0.805. The molecule has 0 aliphatic rings. The fourth-order valence-electron chi connectivity index (χ4n) is 2.06.